The zero-order valence-corrected chi connectivity index (χ0v) is 13.6. The Morgan fingerprint density at radius 3 is 2.11 bits per heavy atom. The maximum Gasteiger partial charge on any atom is 0.192 e. The molecular formula is C13H23NO2SSi. The largest absolute Gasteiger partial charge is 0.593 e. The fourth-order valence-electron chi connectivity index (χ4n) is 1.20. The average molecular weight is 285 g/mol. The van der Waals surface area contributed by atoms with Gasteiger partial charge >= 0.3 is 0 Å². The van der Waals surface area contributed by atoms with Crippen molar-refractivity contribution in [2.24, 2.45) is 5.14 Å². The molecule has 18 heavy (non-hydrogen) atoms. The first-order valence-electron chi connectivity index (χ1n) is 6.02. The van der Waals surface area contributed by atoms with Crippen LogP contribution < -0.4 is 5.14 Å². The van der Waals surface area contributed by atoms with E-state index in [9.17, 15) is 4.55 Å². The maximum atomic E-state index is 11.1. The van der Waals surface area contributed by atoms with Crippen molar-refractivity contribution in [2.45, 2.75) is 50.4 Å². The summed E-state index contributed by atoms with van der Waals surface area (Å²) >= 11 is -1.40. The third-order valence-corrected chi connectivity index (χ3v) is 8.78. The van der Waals surface area contributed by atoms with E-state index in [1.54, 1.807) is 12.1 Å². The van der Waals surface area contributed by atoms with Crippen molar-refractivity contribution >= 4 is 19.7 Å². The predicted molar refractivity (Wildman–Crippen MR) is 79.0 cm³/mol. The fraction of sp³-hybridized carbons (Fsp3) is 0.538. The molecule has 2 N–H and O–H groups in total. The van der Waals surface area contributed by atoms with Crippen LogP contribution in [0.1, 0.15) is 26.3 Å². The Morgan fingerprint density at radius 1 is 1.22 bits per heavy atom. The lowest BCUT2D eigenvalue weighted by atomic mass is 10.2. The molecule has 0 unspecified atom stereocenters. The van der Waals surface area contributed by atoms with Crippen LogP contribution in [0.3, 0.4) is 0 Å². The van der Waals surface area contributed by atoms with E-state index in [2.05, 4.69) is 33.9 Å². The Kier molecular flexibility index (Phi) is 5.03. The lowest BCUT2D eigenvalue weighted by Crippen LogP contribution is -2.40. The summed E-state index contributed by atoms with van der Waals surface area (Å²) in [5, 5.41) is 5.53. The standard InChI is InChI=1S/C13H23NO2SSi/c1-13(2,3)18(4,5)16-10-11-6-8-12(9-7-11)17(14)15/h6-9H,10,14H2,1-5H3/t17-/m0/s1. The second-order valence-corrected chi connectivity index (χ2v) is 11.9. The zero-order valence-electron chi connectivity index (χ0n) is 11.8. The van der Waals surface area contributed by atoms with Crippen molar-refractivity contribution in [3.05, 3.63) is 29.8 Å². The lowest BCUT2D eigenvalue weighted by Gasteiger charge is -2.36. The van der Waals surface area contributed by atoms with Crippen molar-refractivity contribution in [1.29, 1.82) is 0 Å². The van der Waals surface area contributed by atoms with Gasteiger partial charge in [0.1, 0.15) is 0 Å². The monoisotopic (exact) mass is 285 g/mol. The van der Waals surface area contributed by atoms with E-state index in [-0.39, 0.29) is 5.04 Å². The quantitative estimate of drug-likeness (QED) is 0.682. The summed E-state index contributed by atoms with van der Waals surface area (Å²) in [6.45, 7) is 11.7. The highest BCUT2D eigenvalue weighted by atomic mass is 32.2. The van der Waals surface area contributed by atoms with Crippen LogP contribution in [0.25, 0.3) is 0 Å². The minimum atomic E-state index is -1.71. The summed E-state index contributed by atoms with van der Waals surface area (Å²) in [6.07, 6.45) is 0. The summed E-state index contributed by atoms with van der Waals surface area (Å²) < 4.78 is 17.2. The van der Waals surface area contributed by atoms with Crippen LogP contribution in [0.15, 0.2) is 29.2 Å². The molecule has 1 atom stereocenters. The average Bonchev–Trinajstić information content (AvgIpc) is 2.25. The number of hydrogen-bond acceptors (Lipinski definition) is 3. The fourth-order valence-corrected chi connectivity index (χ4v) is 2.56. The van der Waals surface area contributed by atoms with E-state index in [0.717, 1.165) is 5.56 Å². The Labute approximate surface area is 114 Å². The van der Waals surface area contributed by atoms with E-state index in [0.29, 0.717) is 11.5 Å². The van der Waals surface area contributed by atoms with Gasteiger partial charge in [0.05, 0.1) is 18.0 Å². The van der Waals surface area contributed by atoms with Gasteiger partial charge in [0.25, 0.3) is 0 Å². The maximum absolute atomic E-state index is 11.1. The molecule has 102 valence electrons. The normalized spacial score (nSPS) is 14.6. The van der Waals surface area contributed by atoms with Crippen LogP contribution >= 0.6 is 0 Å². The Bertz CT molecular complexity index is 385. The summed E-state index contributed by atoms with van der Waals surface area (Å²) in [7, 11) is -1.71. The van der Waals surface area contributed by atoms with Crippen molar-refractivity contribution < 1.29 is 8.98 Å². The minimum Gasteiger partial charge on any atom is -0.593 e. The molecule has 0 heterocycles. The van der Waals surface area contributed by atoms with E-state index in [4.69, 9.17) is 9.56 Å². The minimum absolute atomic E-state index is 0.214. The van der Waals surface area contributed by atoms with E-state index in [1.165, 1.54) is 0 Å². The topological polar surface area (TPSA) is 58.3 Å². The zero-order chi connectivity index (χ0) is 14.0. The second kappa shape index (κ2) is 5.75. The van der Waals surface area contributed by atoms with Crippen molar-refractivity contribution in [1.82, 2.24) is 0 Å². The van der Waals surface area contributed by atoms with Gasteiger partial charge in [-0.3, -0.25) is 0 Å². The molecule has 0 aliphatic rings. The molecule has 1 aromatic carbocycles. The molecule has 0 aliphatic heterocycles. The van der Waals surface area contributed by atoms with Crippen LogP contribution in [0, 0.1) is 0 Å². The smallest absolute Gasteiger partial charge is 0.192 e. The SMILES string of the molecule is CC(C)(C)[Si](C)(C)OCc1ccc([S@@+](N)[O-])cc1. The summed E-state index contributed by atoms with van der Waals surface area (Å²) in [5.41, 5.74) is 1.09. The van der Waals surface area contributed by atoms with Crippen molar-refractivity contribution in [3.63, 3.8) is 0 Å². The van der Waals surface area contributed by atoms with Crippen LogP contribution in [0.5, 0.6) is 0 Å². The molecule has 3 nitrogen and oxygen atoms in total. The van der Waals surface area contributed by atoms with E-state index in [1.807, 2.05) is 12.1 Å². The van der Waals surface area contributed by atoms with Gasteiger partial charge in [0, 0.05) is 0 Å². The molecule has 5 heteroatoms. The molecule has 1 rings (SSSR count). The van der Waals surface area contributed by atoms with E-state index < -0.39 is 19.7 Å². The molecule has 0 saturated carbocycles. The molecule has 0 saturated heterocycles. The summed E-state index contributed by atoms with van der Waals surface area (Å²) in [6, 6.07) is 7.43. The third-order valence-electron chi connectivity index (χ3n) is 3.56. The van der Waals surface area contributed by atoms with Gasteiger partial charge in [-0.15, -0.1) is 5.14 Å². The van der Waals surface area contributed by atoms with Crippen LogP contribution in [-0.4, -0.2) is 12.9 Å². The number of nitrogens with two attached hydrogens (primary N) is 1. The second-order valence-electron chi connectivity index (χ2n) is 5.99. The molecule has 0 fully saturated rings. The highest BCUT2D eigenvalue weighted by Crippen LogP contribution is 2.37. The van der Waals surface area contributed by atoms with Gasteiger partial charge in [-0.05, 0) is 35.8 Å². The predicted octanol–water partition coefficient (Wildman–Crippen LogP) is 3.19. The Morgan fingerprint density at radius 2 is 1.72 bits per heavy atom. The van der Waals surface area contributed by atoms with Crippen molar-refractivity contribution in [3.8, 4) is 0 Å². The van der Waals surface area contributed by atoms with E-state index >= 15 is 0 Å². The molecule has 0 bridgehead atoms. The van der Waals surface area contributed by atoms with Gasteiger partial charge in [-0.2, -0.15) is 0 Å². The molecule has 0 aliphatic carbocycles. The third kappa shape index (κ3) is 4.10. The summed E-state index contributed by atoms with van der Waals surface area (Å²) in [4.78, 5) is 0.645. The summed E-state index contributed by atoms with van der Waals surface area (Å²) in [5.74, 6) is 0. The molecule has 0 radical (unpaired) electrons. The number of rotatable bonds is 4. The van der Waals surface area contributed by atoms with Gasteiger partial charge in [0.15, 0.2) is 13.2 Å². The highest BCUT2D eigenvalue weighted by Gasteiger charge is 2.36. The molecule has 0 amide bonds. The van der Waals surface area contributed by atoms with Crippen LogP contribution in [-0.2, 0) is 22.4 Å². The van der Waals surface area contributed by atoms with Gasteiger partial charge in [-0.1, -0.05) is 32.9 Å². The first-order valence-corrected chi connectivity index (χ1v) is 10.1. The first-order chi connectivity index (χ1) is 8.13. The molecule has 0 aromatic heterocycles. The van der Waals surface area contributed by atoms with Gasteiger partial charge in [-0.25, -0.2) is 0 Å². The van der Waals surface area contributed by atoms with Gasteiger partial charge in [0.2, 0.25) is 0 Å². The van der Waals surface area contributed by atoms with Crippen molar-refractivity contribution in [2.75, 3.05) is 0 Å². The van der Waals surface area contributed by atoms with Crippen LogP contribution in [0.2, 0.25) is 18.1 Å². The van der Waals surface area contributed by atoms with Crippen LogP contribution in [0.4, 0.5) is 0 Å². The number of benzene rings is 1. The number of hydrogen-bond donors (Lipinski definition) is 1. The first kappa shape index (κ1) is 15.7. The Balaban J connectivity index is 2.64. The molecule has 1 aromatic rings. The molecular weight excluding hydrogens is 262 g/mol. The highest BCUT2D eigenvalue weighted by molar-refractivity contribution is 7.89. The molecule has 0 spiro atoms. The lowest BCUT2D eigenvalue weighted by molar-refractivity contribution is 0.276. The Hall–Kier alpha value is -0.333. The van der Waals surface area contributed by atoms with Gasteiger partial charge < -0.3 is 8.98 Å².